The molecule has 74 valence electrons. The zero-order valence-electron chi connectivity index (χ0n) is 7.92. The van der Waals surface area contributed by atoms with Gasteiger partial charge < -0.3 is 5.11 Å². The zero-order valence-corrected chi connectivity index (χ0v) is 8.74. The van der Waals surface area contributed by atoms with Gasteiger partial charge in [-0.1, -0.05) is 24.3 Å². The SMILES string of the molecule is [C-]#[N+]c1cccc(C(O)c2ccsc2)c1. The number of benzene rings is 1. The normalized spacial score (nSPS) is 12.0. The second-order valence-electron chi connectivity index (χ2n) is 3.17. The molecule has 0 aliphatic rings. The van der Waals surface area contributed by atoms with E-state index in [4.69, 9.17) is 6.57 Å². The molecule has 2 rings (SSSR count). The van der Waals surface area contributed by atoms with Crippen LogP contribution in [-0.2, 0) is 0 Å². The first kappa shape index (κ1) is 9.91. The molecule has 0 saturated carbocycles. The summed E-state index contributed by atoms with van der Waals surface area (Å²) >= 11 is 1.55. The van der Waals surface area contributed by atoms with E-state index < -0.39 is 6.10 Å². The highest BCUT2D eigenvalue weighted by atomic mass is 32.1. The summed E-state index contributed by atoms with van der Waals surface area (Å²) in [6, 6.07) is 8.96. The molecule has 3 heteroatoms. The molecule has 1 N–H and O–H groups in total. The lowest BCUT2D eigenvalue weighted by Crippen LogP contribution is -1.96. The number of aliphatic hydroxyl groups excluding tert-OH is 1. The second kappa shape index (κ2) is 4.26. The third-order valence-electron chi connectivity index (χ3n) is 2.17. The maximum absolute atomic E-state index is 10.0. The van der Waals surface area contributed by atoms with Crippen LogP contribution in [0.2, 0.25) is 0 Å². The molecule has 2 nitrogen and oxygen atoms in total. The standard InChI is InChI=1S/C12H9NOS/c1-13-11-4-2-3-9(7-11)12(14)10-5-6-15-8-10/h2-8,12,14H. The first-order chi connectivity index (χ1) is 7.31. The van der Waals surface area contributed by atoms with Gasteiger partial charge in [-0.3, -0.25) is 0 Å². The number of aliphatic hydroxyl groups is 1. The van der Waals surface area contributed by atoms with Crippen molar-refractivity contribution in [1.82, 2.24) is 0 Å². The molecule has 2 aromatic rings. The Labute approximate surface area is 92.3 Å². The van der Waals surface area contributed by atoms with E-state index in [0.717, 1.165) is 11.1 Å². The van der Waals surface area contributed by atoms with Crippen LogP contribution >= 0.6 is 11.3 Å². The molecule has 0 fully saturated rings. The summed E-state index contributed by atoms with van der Waals surface area (Å²) in [5, 5.41) is 13.8. The van der Waals surface area contributed by atoms with E-state index in [9.17, 15) is 5.11 Å². The minimum absolute atomic E-state index is 0.557. The Kier molecular flexibility index (Phi) is 2.82. The zero-order chi connectivity index (χ0) is 10.7. The molecule has 1 unspecified atom stereocenters. The Bertz CT molecular complexity index is 485. The molecular formula is C12H9NOS. The minimum atomic E-state index is -0.627. The van der Waals surface area contributed by atoms with Crippen molar-refractivity contribution in [3.05, 3.63) is 63.6 Å². The number of hydrogen-bond acceptors (Lipinski definition) is 2. The maximum Gasteiger partial charge on any atom is 0.187 e. The van der Waals surface area contributed by atoms with Gasteiger partial charge >= 0.3 is 0 Å². The van der Waals surface area contributed by atoms with Crippen molar-refractivity contribution in [2.24, 2.45) is 0 Å². The summed E-state index contributed by atoms with van der Waals surface area (Å²) in [4.78, 5) is 3.34. The number of rotatable bonds is 2. The van der Waals surface area contributed by atoms with E-state index in [2.05, 4.69) is 4.85 Å². The van der Waals surface area contributed by atoms with Crippen LogP contribution in [0.1, 0.15) is 17.2 Å². The van der Waals surface area contributed by atoms with Crippen molar-refractivity contribution >= 4 is 17.0 Å². The fraction of sp³-hybridized carbons (Fsp3) is 0.0833. The molecule has 1 heterocycles. The fourth-order valence-electron chi connectivity index (χ4n) is 1.39. The van der Waals surface area contributed by atoms with Gasteiger partial charge in [-0.2, -0.15) is 11.3 Å². The van der Waals surface area contributed by atoms with Crippen LogP contribution in [-0.4, -0.2) is 5.11 Å². The third-order valence-corrected chi connectivity index (χ3v) is 2.88. The number of hydrogen-bond donors (Lipinski definition) is 1. The molecule has 1 atom stereocenters. The molecule has 0 aliphatic heterocycles. The Morgan fingerprint density at radius 2 is 2.13 bits per heavy atom. The molecule has 0 spiro atoms. The van der Waals surface area contributed by atoms with E-state index >= 15 is 0 Å². The van der Waals surface area contributed by atoms with E-state index in [0.29, 0.717) is 5.69 Å². The topological polar surface area (TPSA) is 24.6 Å². The van der Waals surface area contributed by atoms with Crippen molar-refractivity contribution in [1.29, 1.82) is 0 Å². The van der Waals surface area contributed by atoms with Gasteiger partial charge in [-0.05, 0) is 28.0 Å². The van der Waals surface area contributed by atoms with E-state index in [1.807, 2.05) is 22.9 Å². The van der Waals surface area contributed by atoms with Crippen molar-refractivity contribution in [3.8, 4) is 0 Å². The first-order valence-electron chi connectivity index (χ1n) is 4.49. The Hall–Kier alpha value is -1.63. The van der Waals surface area contributed by atoms with E-state index in [1.165, 1.54) is 0 Å². The average Bonchev–Trinajstić information content (AvgIpc) is 2.81. The molecule has 0 amide bonds. The van der Waals surface area contributed by atoms with Crippen LogP contribution in [0.4, 0.5) is 5.69 Å². The van der Waals surface area contributed by atoms with Gasteiger partial charge in [0.25, 0.3) is 0 Å². The number of thiophene rings is 1. The summed E-state index contributed by atoms with van der Waals surface area (Å²) in [5.74, 6) is 0. The largest absolute Gasteiger partial charge is 0.384 e. The molecule has 15 heavy (non-hydrogen) atoms. The summed E-state index contributed by atoms with van der Waals surface area (Å²) in [7, 11) is 0. The van der Waals surface area contributed by atoms with Crippen molar-refractivity contribution < 1.29 is 5.11 Å². The molecule has 1 aromatic heterocycles. The summed E-state index contributed by atoms with van der Waals surface area (Å²) in [5.41, 5.74) is 2.20. The average molecular weight is 215 g/mol. The van der Waals surface area contributed by atoms with Crippen LogP contribution in [0, 0.1) is 6.57 Å². The molecule has 1 aromatic carbocycles. The van der Waals surface area contributed by atoms with Crippen LogP contribution in [0.15, 0.2) is 41.1 Å². The van der Waals surface area contributed by atoms with Gasteiger partial charge in [-0.15, -0.1) is 0 Å². The third kappa shape index (κ3) is 2.07. The Balaban J connectivity index is 2.34. The molecule has 0 radical (unpaired) electrons. The number of nitrogens with zero attached hydrogens (tertiary/aromatic N) is 1. The van der Waals surface area contributed by atoms with Gasteiger partial charge in [0, 0.05) is 0 Å². The van der Waals surface area contributed by atoms with Crippen molar-refractivity contribution in [3.63, 3.8) is 0 Å². The lowest BCUT2D eigenvalue weighted by Gasteiger charge is -2.09. The van der Waals surface area contributed by atoms with Crippen LogP contribution in [0.5, 0.6) is 0 Å². The fourth-order valence-corrected chi connectivity index (χ4v) is 2.07. The smallest absolute Gasteiger partial charge is 0.187 e. The lowest BCUT2D eigenvalue weighted by atomic mass is 10.0. The maximum atomic E-state index is 10.0. The van der Waals surface area contributed by atoms with Gasteiger partial charge in [0.05, 0.1) is 6.57 Å². The Morgan fingerprint density at radius 3 is 2.80 bits per heavy atom. The second-order valence-corrected chi connectivity index (χ2v) is 3.95. The van der Waals surface area contributed by atoms with Gasteiger partial charge in [0.2, 0.25) is 0 Å². The highest BCUT2D eigenvalue weighted by Gasteiger charge is 2.10. The summed E-state index contributed by atoms with van der Waals surface area (Å²) in [6.45, 7) is 6.90. The Morgan fingerprint density at radius 1 is 1.27 bits per heavy atom. The van der Waals surface area contributed by atoms with E-state index in [1.54, 1.807) is 29.5 Å². The molecule has 0 bridgehead atoms. The van der Waals surface area contributed by atoms with Gasteiger partial charge in [0.15, 0.2) is 5.69 Å². The monoisotopic (exact) mass is 215 g/mol. The highest BCUT2D eigenvalue weighted by Crippen LogP contribution is 2.26. The van der Waals surface area contributed by atoms with Gasteiger partial charge in [-0.25, -0.2) is 4.85 Å². The predicted molar refractivity (Wildman–Crippen MR) is 61.1 cm³/mol. The van der Waals surface area contributed by atoms with Crippen LogP contribution in [0.25, 0.3) is 4.85 Å². The molecule has 0 aliphatic carbocycles. The lowest BCUT2D eigenvalue weighted by molar-refractivity contribution is 0.221. The van der Waals surface area contributed by atoms with Crippen molar-refractivity contribution in [2.45, 2.75) is 6.10 Å². The summed E-state index contributed by atoms with van der Waals surface area (Å²) in [6.07, 6.45) is -0.627. The molecule has 0 saturated heterocycles. The van der Waals surface area contributed by atoms with Crippen LogP contribution < -0.4 is 0 Å². The summed E-state index contributed by atoms with van der Waals surface area (Å²) < 4.78 is 0. The van der Waals surface area contributed by atoms with E-state index in [-0.39, 0.29) is 0 Å². The minimum Gasteiger partial charge on any atom is -0.384 e. The predicted octanol–water partition coefficient (Wildman–Crippen LogP) is 3.38. The van der Waals surface area contributed by atoms with Crippen LogP contribution in [0.3, 0.4) is 0 Å². The first-order valence-corrected chi connectivity index (χ1v) is 5.43. The molecular weight excluding hydrogens is 206 g/mol. The highest BCUT2D eigenvalue weighted by molar-refractivity contribution is 7.07. The van der Waals surface area contributed by atoms with Gasteiger partial charge in [0.1, 0.15) is 6.10 Å². The quantitative estimate of drug-likeness (QED) is 0.763. The van der Waals surface area contributed by atoms with Crippen molar-refractivity contribution in [2.75, 3.05) is 0 Å².